The summed E-state index contributed by atoms with van der Waals surface area (Å²) in [5.74, 6) is 0.382. The van der Waals surface area contributed by atoms with Crippen LogP contribution in [0.1, 0.15) is 64.2 Å². The molecule has 1 aromatic heterocycles. The number of nitrogens with zero attached hydrogens (tertiary/aromatic N) is 1. The normalized spacial score (nSPS) is 14.7. The average Bonchev–Trinajstić information content (AvgIpc) is 3.18. The number of benzene rings is 3. The summed E-state index contributed by atoms with van der Waals surface area (Å²) in [6.45, 7) is 6.59. The van der Waals surface area contributed by atoms with Crippen molar-refractivity contribution in [3.05, 3.63) is 104 Å². The maximum absolute atomic E-state index is 13.9. The van der Waals surface area contributed by atoms with Gasteiger partial charge in [-0.05, 0) is 72.9 Å². The van der Waals surface area contributed by atoms with E-state index in [2.05, 4.69) is 6.92 Å². The van der Waals surface area contributed by atoms with Gasteiger partial charge in [0.05, 0.1) is 30.7 Å². The molecule has 0 bridgehead atoms. The Balaban J connectivity index is 1.68. The third-order valence-corrected chi connectivity index (χ3v) is 6.92. The fourth-order valence-electron chi connectivity index (χ4n) is 5.07. The summed E-state index contributed by atoms with van der Waals surface area (Å²) in [6, 6.07) is 14.4. The fraction of sp³-hybridized carbons (Fsp3) is 0.290. The quantitative estimate of drug-likeness (QED) is 0.251. The molecule has 0 saturated heterocycles. The van der Waals surface area contributed by atoms with Gasteiger partial charge in [-0.15, -0.1) is 0 Å². The summed E-state index contributed by atoms with van der Waals surface area (Å²) >= 11 is 0. The predicted molar refractivity (Wildman–Crippen MR) is 143 cm³/mol. The number of rotatable bonds is 8. The van der Waals surface area contributed by atoms with Crippen molar-refractivity contribution < 1.29 is 23.1 Å². The van der Waals surface area contributed by atoms with Crippen LogP contribution in [0, 0.1) is 19.7 Å². The Morgan fingerprint density at radius 1 is 1.00 bits per heavy atom. The number of hydrogen-bond acceptors (Lipinski definition) is 5. The number of carbonyl (C=O) groups excluding carboxylic acids is 1. The van der Waals surface area contributed by atoms with Gasteiger partial charge in [-0.2, -0.15) is 0 Å². The Morgan fingerprint density at radius 2 is 1.76 bits per heavy atom. The molecule has 0 aliphatic carbocycles. The highest BCUT2D eigenvalue weighted by Gasteiger charge is 2.43. The molecule has 0 spiro atoms. The number of carbonyl (C=O) groups is 1. The Bertz CT molecular complexity index is 1570. The van der Waals surface area contributed by atoms with Gasteiger partial charge in [0.25, 0.3) is 5.91 Å². The molecule has 1 amide bonds. The van der Waals surface area contributed by atoms with Crippen LogP contribution in [-0.4, -0.2) is 24.5 Å². The van der Waals surface area contributed by atoms with Crippen molar-refractivity contribution >= 4 is 16.9 Å². The fourth-order valence-corrected chi connectivity index (χ4v) is 5.07. The Hall–Kier alpha value is -4.13. The summed E-state index contributed by atoms with van der Waals surface area (Å²) in [7, 11) is 1.56. The van der Waals surface area contributed by atoms with Crippen molar-refractivity contribution in [3.8, 4) is 11.5 Å². The standard InChI is InChI=1S/C31H30FNO5/c1-5-6-13-37-24-12-9-21(16-25(24)36-4)27-26-28(34)23-15-18(2)14-19(3)29(23)38-30(26)31(35)33(27)17-20-7-10-22(32)11-8-20/h7-12,14-16,27H,5-6,13,17H2,1-4H3. The summed E-state index contributed by atoms with van der Waals surface area (Å²) in [4.78, 5) is 29.3. The molecule has 1 unspecified atom stereocenters. The first-order valence-corrected chi connectivity index (χ1v) is 12.8. The molecule has 7 heteroatoms. The molecule has 196 valence electrons. The lowest BCUT2D eigenvalue weighted by Gasteiger charge is -2.26. The number of methoxy groups -OCH3 is 1. The molecule has 0 saturated carbocycles. The van der Waals surface area contributed by atoms with Gasteiger partial charge >= 0.3 is 0 Å². The van der Waals surface area contributed by atoms with E-state index in [1.54, 1.807) is 42.3 Å². The Kier molecular flexibility index (Phi) is 6.93. The number of halogens is 1. The van der Waals surface area contributed by atoms with Crippen LogP contribution in [0.2, 0.25) is 0 Å². The minimum Gasteiger partial charge on any atom is -0.493 e. The van der Waals surface area contributed by atoms with Crippen molar-refractivity contribution in [1.29, 1.82) is 0 Å². The molecule has 2 heterocycles. The first-order chi connectivity index (χ1) is 18.3. The molecule has 0 radical (unpaired) electrons. The second-order valence-electron chi connectivity index (χ2n) is 9.71. The van der Waals surface area contributed by atoms with Gasteiger partial charge in [-0.3, -0.25) is 9.59 Å². The van der Waals surface area contributed by atoms with E-state index in [4.69, 9.17) is 13.9 Å². The SMILES string of the molecule is CCCCOc1ccc(C2c3c(oc4c(C)cc(C)cc4c3=O)C(=O)N2Cc2ccc(F)cc2)cc1OC. The minimum atomic E-state index is -0.720. The maximum atomic E-state index is 13.9. The summed E-state index contributed by atoms with van der Waals surface area (Å²) in [5, 5.41) is 0.439. The molecular weight excluding hydrogens is 485 g/mol. The molecule has 38 heavy (non-hydrogen) atoms. The van der Waals surface area contributed by atoms with Gasteiger partial charge in [0, 0.05) is 6.54 Å². The van der Waals surface area contributed by atoms with Crippen molar-refractivity contribution in [2.24, 2.45) is 0 Å². The van der Waals surface area contributed by atoms with Gasteiger partial charge in [0.1, 0.15) is 11.4 Å². The van der Waals surface area contributed by atoms with Crippen LogP contribution in [0.25, 0.3) is 11.0 Å². The lowest BCUT2D eigenvalue weighted by molar-refractivity contribution is 0.0714. The first-order valence-electron chi connectivity index (χ1n) is 12.8. The van der Waals surface area contributed by atoms with Crippen molar-refractivity contribution in [2.75, 3.05) is 13.7 Å². The molecule has 1 aliphatic rings. The summed E-state index contributed by atoms with van der Waals surface area (Å²) in [6.07, 6.45) is 1.91. The van der Waals surface area contributed by atoms with E-state index in [0.717, 1.165) is 29.5 Å². The van der Waals surface area contributed by atoms with Crippen LogP contribution < -0.4 is 14.9 Å². The van der Waals surface area contributed by atoms with E-state index in [-0.39, 0.29) is 29.1 Å². The highest BCUT2D eigenvalue weighted by molar-refractivity contribution is 5.99. The highest BCUT2D eigenvalue weighted by Crippen LogP contribution is 2.42. The van der Waals surface area contributed by atoms with Gasteiger partial charge in [0.15, 0.2) is 16.9 Å². The van der Waals surface area contributed by atoms with E-state index in [1.165, 1.54) is 12.1 Å². The maximum Gasteiger partial charge on any atom is 0.291 e. The zero-order chi connectivity index (χ0) is 27.0. The average molecular weight is 516 g/mol. The smallest absolute Gasteiger partial charge is 0.291 e. The van der Waals surface area contributed by atoms with Gasteiger partial charge in [-0.25, -0.2) is 4.39 Å². The lowest BCUT2D eigenvalue weighted by Crippen LogP contribution is -2.29. The molecule has 4 aromatic rings. The second-order valence-corrected chi connectivity index (χ2v) is 9.71. The van der Waals surface area contributed by atoms with E-state index in [0.29, 0.717) is 34.6 Å². The zero-order valence-electron chi connectivity index (χ0n) is 22.0. The molecule has 5 rings (SSSR count). The van der Waals surface area contributed by atoms with Crippen LogP contribution in [0.3, 0.4) is 0 Å². The van der Waals surface area contributed by atoms with Crippen LogP contribution in [0.5, 0.6) is 11.5 Å². The van der Waals surface area contributed by atoms with E-state index >= 15 is 0 Å². The molecule has 6 nitrogen and oxygen atoms in total. The molecule has 3 aromatic carbocycles. The van der Waals surface area contributed by atoms with Crippen LogP contribution >= 0.6 is 0 Å². The van der Waals surface area contributed by atoms with Crippen molar-refractivity contribution in [3.63, 3.8) is 0 Å². The van der Waals surface area contributed by atoms with Crippen LogP contribution in [0.15, 0.2) is 63.8 Å². The number of amides is 1. The van der Waals surface area contributed by atoms with Gasteiger partial charge < -0.3 is 18.8 Å². The zero-order valence-corrected chi connectivity index (χ0v) is 22.0. The largest absolute Gasteiger partial charge is 0.493 e. The summed E-state index contributed by atoms with van der Waals surface area (Å²) in [5.41, 5.74) is 3.60. The minimum absolute atomic E-state index is 0.0313. The molecule has 0 fully saturated rings. The highest BCUT2D eigenvalue weighted by atomic mass is 19.1. The predicted octanol–water partition coefficient (Wildman–Crippen LogP) is 6.48. The van der Waals surface area contributed by atoms with Gasteiger partial charge in [0.2, 0.25) is 5.76 Å². The number of ether oxygens (including phenoxy) is 2. The number of unbranched alkanes of at least 4 members (excludes halogenated alkanes) is 1. The third-order valence-electron chi connectivity index (χ3n) is 6.92. The second kappa shape index (κ2) is 10.3. The van der Waals surface area contributed by atoms with E-state index in [1.807, 2.05) is 26.0 Å². The van der Waals surface area contributed by atoms with Gasteiger partial charge in [-0.1, -0.05) is 37.6 Å². The number of fused-ring (bicyclic) bond motifs is 2. The van der Waals surface area contributed by atoms with E-state index in [9.17, 15) is 14.0 Å². The molecule has 0 N–H and O–H groups in total. The first kappa shape index (κ1) is 25.5. The van der Waals surface area contributed by atoms with Crippen molar-refractivity contribution in [2.45, 2.75) is 46.2 Å². The van der Waals surface area contributed by atoms with Crippen molar-refractivity contribution in [1.82, 2.24) is 4.90 Å². The molecular formula is C31H30FNO5. The lowest BCUT2D eigenvalue weighted by atomic mass is 9.96. The van der Waals surface area contributed by atoms with E-state index < -0.39 is 11.9 Å². The summed E-state index contributed by atoms with van der Waals surface area (Å²) < 4.78 is 31.3. The number of hydrogen-bond donors (Lipinski definition) is 0. The third kappa shape index (κ3) is 4.53. The Morgan fingerprint density at radius 3 is 2.47 bits per heavy atom. The Labute approximate surface area is 220 Å². The monoisotopic (exact) mass is 515 g/mol. The number of aryl methyl sites for hydroxylation is 2. The van der Waals surface area contributed by atoms with Crippen LogP contribution in [-0.2, 0) is 6.54 Å². The van der Waals surface area contributed by atoms with Crippen LogP contribution in [0.4, 0.5) is 4.39 Å². The molecule has 1 atom stereocenters. The topological polar surface area (TPSA) is 69.0 Å². The molecule has 1 aliphatic heterocycles.